The molecule has 0 saturated heterocycles. The molecule has 0 bridgehead atoms. The molecule has 0 saturated carbocycles. The van der Waals surface area contributed by atoms with Crippen LogP contribution in [0.25, 0.3) is 11.4 Å². The molecule has 26 heavy (non-hydrogen) atoms. The van der Waals surface area contributed by atoms with Crippen LogP contribution >= 0.6 is 12.2 Å². The smallest absolute Gasteiger partial charge is 0.247 e. The van der Waals surface area contributed by atoms with Gasteiger partial charge < -0.3 is 4.90 Å². The summed E-state index contributed by atoms with van der Waals surface area (Å²) in [6, 6.07) is 16.3. The zero-order valence-electron chi connectivity index (χ0n) is 14.8. The summed E-state index contributed by atoms with van der Waals surface area (Å²) < 4.78 is 2.23. The number of hydrogen-bond acceptors (Lipinski definition) is 3. The van der Waals surface area contributed by atoms with Gasteiger partial charge in [-0.05, 0) is 44.1 Å². The lowest BCUT2D eigenvalue weighted by atomic mass is 10.1. The molecule has 0 spiro atoms. The second kappa shape index (κ2) is 6.53. The average Bonchev–Trinajstić information content (AvgIpc) is 3.15. The Kier molecular flexibility index (Phi) is 4.20. The van der Waals surface area contributed by atoms with Crippen molar-refractivity contribution >= 4 is 23.8 Å². The molecular weight excluding hydrogens is 344 g/mol. The highest BCUT2D eigenvalue weighted by atomic mass is 32.1. The van der Waals surface area contributed by atoms with Crippen molar-refractivity contribution in [2.45, 2.75) is 32.9 Å². The van der Waals surface area contributed by atoms with E-state index in [9.17, 15) is 4.79 Å². The van der Waals surface area contributed by atoms with Crippen LogP contribution in [0.15, 0.2) is 48.5 Å². The molecule has 4 rings (SSSR count). The predicted molar refractivity (Wildman–Crippen MR) is 105 cm³/mol. The van der Waals surface area contributed by atoms with Gasteiger partial charge in [0.25, 0.3) is 0 Å². The van der Waals surface area contributed by atoms with E-state index in [0.29, 0.717) is 10.6 Å². The fraction of sp³-hybridized carbons (Fsp3) is 0.250. The minimum atomic E-state index is 0.0216. The number of nitrogens with zero attached hydrogens (tertiary/aromatic N) is 3. The Morgan fingerprint density at radius 2 is 1.96 bits per heavy atom. The summed E-state index contributed by atoms with van der Waals surface area (Å²) in [6.07, 6.45) is 0.878. The van der Waals surface area contributed by atoms with Gasteiger partial charge in [0, 0.05) is 17.3 Å². The predicted octanol–water partition coefficient (Wildman–Crippen LogP) is 3.89. The van der Waals surface area contributed by atoms with E-state index in [1.807, 2.05) is 54.3 Å². The molecule has 2 heterocycles. The first-order valence-corrected chi connectivity index (χ1v) is 9.07. The first kappa shape index (κ1) is 16.7. The van der Waals surface area contributed by atoms with E-state index >= 15 is 0 Å². The van der Waals surface area contributed by atoms with Crippen LogP contribution < -0.4 is 4.90 Å². The van der Waals surface area contributed by atoms with Gasteiger partial charge in [-0.1, -0.05) is 48.0 Å². The number of anilines is 1. The molecule has 132 valence electrons. The van der Waals surface area contributed by atoms with Crippen LogP contribution in [0.2, 0.25) is 0 Å². The Morgan fingerprint density at radius 1 is 1.23 bits per heavy atom. The SMILES string of the molecule is Cc1ccc(-c2n[nH]c(=S)n2CC(=O)N2c3ccccc3C[C@@H]2C)cc1. The third-order valence-corrected chi connectivity index (χ3v) is 5.15. The van der Waals surface area contributed by atoms with E-state index in [4.69, 9.17) is 12.2 Å². The largest absolute Gasteiger partial charge is 0.307 e. The van der Waals surface area contributed by atoms with Gasteiger partial charge in [0.1, 0.15) is 6.54 Å². The zero-order chi connectivity index (χ0) is 18.3. The van der Waals surface area contributed by atoms with Crippen LogP contribution in [0, 0.1) is 11.7 Å². The number of para-hydroxylation sites is 1. The standard InChI is InChI=1S/C20H20N4OS/c1-13-7-9-15(10-8-13)19-21-22-20(26)23(19)12-18(25)24-14(2)11-16-5-3-4-6-17(16)24/h3-10,14H,11-12H2,1-2H3,(H,22,26)/t14-/m0/s1. The van der Waals surface area contributed by atoms with Gasteiger partial charge in [-0.2, -0.15) is 5.10 Å². The molecule has 1 N–H and O–H groups in total. The van der Waals surface area contributed by atoms with Crippen molar-refractivity contribution < 1.29 is 4.79 Å². The molecule has 1 aromatic heterocycles. The quantitative estimate of drug-likeness (QED) is 0.717. The van der Waals surface area contributed by atoms with Gasteiger partial charge in [0.15, 0.2) is 10.6 Å². The summed E-state index contributed by atoms with van der Waals surface area (Å²) in [5, 5.41) is 7.16. The summed E-state index contributed by atoms with van der Waals surface area (Å²) in [5.74, 6) is 0.705. The number of aryl methyl sites for hydroxylation is 1. The summed E-state index contributed by atoms with van der Waals surface area (Å²) in [7, 11) is 0. The Balaban J connectivity index is 1.66. The van der Waals surface area contributed by atoms with Crippen molar-refractivity contribution in [1.82, 2.24) is 14.8 Å². The maximum Gasteiger partial charge on any atom is 0.247 e. The number of aromatic amines is 1. The number of hydrogen-bond donors (Lipinski definition) is 1. The van der Waals surface area contributed by atoms with Gasteiger partial charge in [-0.25, -0.2) is 0 Å². The first-order valence-electron chi connectivity index (χ1n) is 8.67. The van der Waals surface area contributed by atoms with E-state index in [2.05, 4.69) is 23.2 Å². The Bertz CT molecular complexity index is 1020. The summed E-state index contributed by atoms with van der Waals surface area (Å²) in [4.78, 5) is 15.0. The maximum atomic E-state index is 13.1. The van der Waals surface area contributed by atoms with Crippen molar-refractivity contribution in [1.29, 1.82) is 0 Å². The van der Waals surface area contributed by atoms with Crippen molar-refractivity contribution in [3.05, 3.63) is 64.4 Å². The molecule has 0 radical (unpaired) electrons. The van der Waals surface area contributed by atoms with E-state index in [0.717, 1.165) is 17.7 Å². The molecule has 5 nitrogen and oxygen atoms in total. The minimum absolute atomic E-state index is 0.0216. The van der Waals surface area contributed by atoms with Gasteiger partial charge in [-0.15, -0.1) is 0 Å². The third-order valence-electron chi connectivity index (χ3n) is 4.84. The fourth-order valence-corrected chi connectivity index (χ4v) is 3.74. The van der Waals surface area contributed by atoms with Gasteiger partial charge in [0.2, 0.25) is 5.91 Å². The van der Waals surface area contributed by atoms with Crippen molar-refractivity contribution in [2.75, 3.05) is 4.90 Å². The fourth-order valence-electron chi connectivity index (χ4n) is 3.54. The molecule has 1 aliphatic heterocycles. The zero-order valence-corrected chi connectivity index (χ0v) is 15.6. The van der Waals surface area contributed by atoms with Crippen LogP contribution in [0.1, 0.15) is 18.1 Å². The van der Waals surface area contributed by atoms with Crippen molar-refractivity contribution in [2.24, 2.45) is 0 Å². The van der Waals surface area contributed by atoms with E-state index < -0.39 is 0 Å². The number of H-pyrrole nitrogens is 1. The van der Waals surface area contributed by atoms with Gasteiger partial charge in [-0.3, -0.25) is 14.5 Å². The van der Waals surface area contributed by atoms with Crippen LogP contribution in [0.5, 0.6) is 0 Å². The number of rotatable bonds is 3. The van der Waals surface area contributed by atoms with E-state index in [1.54, 1.807) is 4.57 Å². The van der Waals surface area contributed by atoms with Crippen LogP contribution in [0.4, 0.5) is 5.69 Å². The number of nitrogens with one attached hydrogen (secondary N) is 1. The number of fused-ring (bicyclic) bond motifs is 1. The second-order valence-electron chi connectivity index (χ2n) is 6.75. The first-order chi connectivity index (χ1) is 12.5. The maximum absolute atomic E-state index is 13.1. The molecule has 0 fully saturated rings. The average molecular weight is 364 g/mol. The number of aromatic nitrogens is 3. The summed E-state index contributed by atoms with van der Waals surface area (Å²) >= 11 is 5.37. The Morgan fingerprint density at radius 3 is 2.73 bits per heavy atom. The number of amides is 1. The lowest BCUT2D eigenvalue weighted by Crippen LogP contribution is -2.38. The lowest BCUT2D eigenvalue weighted by molar-refractivity contribution is -0.119. The highest BCUT2D eigenvalue weighted by molar-refractivity contribution is 7.71. The second-order valence-corrected chi connectivity index (χ2v) is 7.14. The third kappa shape index (κ3) is 2.86. The van der Waals surface area contributed by atoms with E-state index in [1.165, 1.54) is 11.1 Å². The van der Waals surface area contributed by atoms with Gasteiger partial charge >= 0.3 is 0 Å². The summed E-state index contributed by atoms with van der Waals surface area (Å²) in [6.45, 7) is 4.28. The molecular formula is C20H20N4OS. The number of benzene rings is 2. The molecule has 0 unspecified atom stereocenters. The molecule has 1 aliphatic rings. The molecule has 1 amide bonds. The normalized spacial score (nSPS) is 15.9. The van der Waals surface area contributed by atoms with Crippen LogP contribution in [0.3, 0.4) is 0 Å². The molecule has 1 atom stereocenters. The number of carbonyl (C=O) groups excluding carboxylic acids is 1. The highest BCUT2D eigenvalue weighted by Gasteiger charge is 2.31. The van der Waals surface area contributed by atoms with Gasteiger partial charge in [0.05, 0.1) is 0 Å². The Hall–Kier alpha value is -2.73. The van der Waals surface area contributed by atoms with Crippen molar-refractivity contribution in [3.8, 4) is 11.4 Å². The molecule has 0 aliphatic carbocycles. The van der Waals surface area contributed by atoms with E-state index in [-0.39, 0.29) is 18.5 Å². The monoisotopic (exact) mass is 364 g/mol. The summed E-state index contributed by atoms with van der Waals surface area (Å²) in [5.41, 5.74) is 4.32. The number of carbonyl (C=O) groups is 1. The minimum Gasteiger partial charge on any atom is -0.307 e. The molecule has 6 heteroatoms. The van der Waals surface area contributed by atoms with Crippen LogP contribution in [-0.2, 0) is 17.8 Å². The van der Waals surface area contributed by atoms with Crippen molar-refractivity contribution in [3.63, 3.8) is 0 Å². The molecule has 3 aromatic rings. The topological polar surface area (TPSA) is 53.9 Å². The van der Waals surface area contributed by atoms with Crippen LogP contribution in [-0.4, -0.2) is 26.7 Å². The Labute approximate surface area is 157 Å². The lowest BCUT2D eigenvalue weighted by Gasteiger charge is -2.23. The highest BCUT2D eigenvalue weighted by Crippen LogP contribution is 2.32. The molecule has 2 aromatic carbocycles.